The Labute approximate surface area is 122 Å². The first-order chi connectivity index (χ1) is 8.97. The molecule has 0 aliphatic heterocycles. The fraction of sp³-hybridized carbons (Fsp3) is 0.750. The van der Waals surface area contributed by atoms with E-state index in [0.717, 1.165) is 26.1 Å². The first-order valence-corrected chi connectivity index (χ1v) is 8.06. The molecule has 0 aliphatic carbocycles. The van der Waals surface area contributed by atoms with Crippen molar-refractivity contribution in [3.05, 3.63) is 21.9 Å². The normalized spacial score (nSPS) is 13.7. The second-order valence-electron chi connectivity index (χ2n) is 6.19. The Kier molecular flexibility index (Phi) is 7.05. The molecule has 0 saturated heterocycles. The average molecular weight is 283 g/mol. The van der Waals surface area contributed by atoms with Gasteiger partial charge in [-0.25, -0.2) is 0 Å². The molecule has 19 heavy (non-hydrogen) atoms. The average Bonchev–Trinajstić information content (AvgIpc) is 2.79. The Balaban J connectivity index is 2.54. The van der Waals surface area contributed by atoms with Gasteiger partial charge < -0.3 is 10.1 Å². The highest BCUT2D eigenvalue weighted by molar-refractivity contribution is 7.11. The van der Waals surface area contributed by atoms with Crippen LogP contribution in [0.2, 0.25) is 0 Å². The summed E-state index contributed by atoms with van der Waals surface area (Å²) in [5.41, 5.74) is 0.330. The van der Waals surface area contributed by atoms with Crippen molar-refractivity contribution in [1.82, 2.24) is 5.32 Å². The molecular weight excluding hydrogens is 254 g/mol. The van der Waals surface area contributed by atoms with E-state index >= 15 is 0 Å². The summed E-state index contributed by atoms with van der Waals surface area (Å²) < 4.78 is 5.08. The zero-order chi connectivity index (χ0) is 14.3. The van der Waals surface area contributed by atoms with Crippen molar-refractivity contribution in [3.63, 3.8) is 0 Å². The second-order valence-corrected chi connectivity index (χ2v) is 7.44. The van der Waals surface area contributed by atoms with E-state index in [1.807, 2.05) is 11.3 Å². The molecule has 0 aliphatic rings. The Morgan fingerprint density at radius 1 is 1.26 bits per heavy atom. The molecule has 0 bridgehead atoms. The fourth-order valence-corrected chi connectivity index (χ4v) is 3.14. The molecule has 1 rings (SSSR count). The molecule has 1 aromatic heterocycles. The van der Waals surface area contributed by atoms with Crippen molar-refractivity contribution in [2.75, 3.05) is 26.8 Å². The number of aryl methyl sites for hydroxylation is 1. The van der Waals surface area contributed by atoms with Gasteiger partial charge in [0.2, 0.25) is 0 Å². The highest BCUT2D eigenvalue weighted by atomic mass is 32.1. The lowest BCUT2D eigenvalue weighted by molar-refractivity contribution is 0.186. The number of hydrogen-bond donors (Lipinski definition) is 1. The molecule has 0 fully saturated rings. The number of thiophene rings is 1. The van der Waals surface area contributed by atoms with E-state index in [1.165, 1.54) is 16.2 Å². The molecule has 1 atom stereocenters. The highest BCUT2D eigenvalue weighted by Crippen LogP contribution is 2.31. The Morgan fingerprint density at radius 2 is 1.95 bits per heavy atom. The lowest BCUT2D eigenvalue weighted by Gasteiger charge is -2.31. The van der Waals surface area contributed by atoms with Crippen molar-refractivity contribution in [2.24, 2.45) is 11.3 Å². The molecule has 1 aromatic rings. The van der Waals surface area contributed by atoms with Gasteiger partial charge in [0.1, 0.15) is 0 Å². The van der Waals surface area contributed by atoms with Gasteiger partial charge in [-0.3, -0.25) is 0 Å². The number of rotatable bonds is 8. The smallest absolute Gasteiger partial charge is 0.0587 e. The standard InChI is InChI=1S/C16H29NOS/c1-6-14-7-8-15(19-14)11-13(16(2,3)4)12-17-9-10-18-5/h7-8,13,17H,6,9-12H2,1-5H3. The third kappa shape index (κ3) is 6.07. The van der Waals surface area contributed by atoms with Gasteiger partial charge in [0.25, 0.3) is 0 Å². The number of nitrogens with one attached hydrogen (secondary N) is 1. The summed E-state index contributed by atoms with van der Waals surface area (Å²) in [6.07, 6.45) is 2.32. The van der Waals surface area contributed by atoms with E-state index in [2.05, 4.69) is 45.1 Å². The Morgan fingerprint density at radius 3 is 2.47 bits per heavy atom. The van der Waals surface area contributed by atoms with E-state index in [0.29, 0.717) is 11.3 Å². The largest absolute Gasteiger partial charge is 0.383 e. The summed E-state index contributed by atoms with van der Waals surface area (Å²) in [5.74, 6) is 0.660. The van der Waals surface area contributed by atoms with Gasteiger partial charge in [0, 0.05) is 23.4 Å². The molecule has 0 spiro atoms. The van der Waals surface area contributed by atoms with Gasteiger partial charge in [-0.05, 0) is 42.9 Å². The van der Waals surface area contributed by atoms with Crippen LogP contribution in [0.1, 0.15) is 37.4 Å². The second kappa shape index (κ2) is 8.03. The van der Waals surface area contributed by atoms with E-state index < -0.39 is 0 Å². The van der Waals surface area contributed by atoms with Crippen LogP contribution in [0.3, 0.4) is 0 Å². The number of ether oxygens (including phenoxy) is 1. The minimum absolute atomic E-state index is 0.330. The minimum atomic E-state index is 0.330. The zero-order valence-corrected chi connectivity index (χ0v) is 13.9. The van der Waals surface area contributed by atoms with Crippen LogP contribution < -0.4 is 5.32 Å². The van der Waals surface area contributed by atoms with Crippen LogP contribution in [0, 0.1) is 11.3 Å². The number of hydrogen-bond acceptors (Lipinski definition) is 3. The van der Waals surface area contributed by atoms with Crippen LogP contribution in [-0.2, 0) is 17.6 Å². The molecule has 1 unspecified atom stereocenters. The van der Waals surface area contributed by atoms with E-state index in [4.69, 9.17) is 4.74 Å². The summed E-state index contributed by atoms with van der Waals surface area (Å²) in [5, 5.41) is 3.51. The van der Waals surface area contributed by atoms with Gasteiger partial charge in [0.15, 0.2) is 0 Å². The van der Waals surface area contributed by atoms with E-state index in [9.17, 15) is 0 Å². The van der Waals surface area contributed by atoms with Crippen LogP contribution in [0.4, 0.5) is 0 Å². The minimum Gasteiger partial charge on any atom is -0.383 e. The summed E-state index contributed by atoms with van der Waals surface area (Å²) in [7, 11) is 1.75. The van der Waals surface area contributed by atoms with Crippen LogP contribution in [-0.4, -0.2) is 26.8 Å². The topological polar surface area (TPSA) is 21.3 Å². The molecule has 0 saturated carbocycles. The maximum absolute atomic E-state index is 5.08. The summed E-state index contributed by atoms with van der Waals surface area (Å²) >= 11 is 1.97. The first-order valence-electron chi connectivity index (χ1n) is 7.24. The van der Waals surface area contributed by atoms with E-state index in [-0.39, 0.29) is 0 Å². The summed E-state index contributed by atoms with van der Waals surface area (Å²) in [4.78, 5) is 3.01. The van der Waals surface area contributed by atoms with Crippen LogP contribution in [0.5, 0.6) is 0 Å². The van der Waals surface area contributed by atoms with Gasteiger partial charge in [-0.1, -0.05) is 27.7 Å². The molecule has 0 aromatic carbocycles. The fourth-order valence-electron chi connectivity index (χ4n) is 2.10. The van der Waals surface area contributed by atoms with Gasteiger partial charge >= 0.3 is 0 Å². The van der Waals surface area contributed by atoms with Crippen molar-refractivity contribution >= 4 is 11.3 Å². The molecule has 0 amide bonds. The molecule has 2 nitrogen and oxygen atoms in total. The number of methoxy groups -OCH3 is 1. The molecule has 1 N–H and O–H groups in total. The third-order valence-electron chi connectivity index (χ3n) is 3.61. The van der Waals surface area contributed by atoms with Crippen LogP contribution in [0.25, 0.3) is 0 Å². The third-order valence-corrected chi connectivity index (χ3v) is 4.86. The van der Waals surface area contributed by atoms with Crippen molar-refractivity contribution in [2.45, 2.75) is 40.5 Å². The molecule has 0 radical (unpaired) electrons. The van der Waals surface area contributed by atoms with Crippen LogP contribution >= 0.6 is 11.3 Å². The van der Waals surface area contributed by atoms with Gasteiger partial charge in [0.05, 0.1) is 6.61 Å². The van der Waals surface area contributed by atoms with Crippen molar-refractivity contribution < 1.29 is 4.74 Å². The van der Waals surface area contributed by atoms with Crippen LogP contribution in [0.15, 0.2) is 12.1 Å². The predicted molar refractivity (Wildman–Crippen MR) is 85.1 cm³/mol. The molecule has 1 heterocycles. The molecule has 3 heteroatoms. The van der Waals surface area contributed by atoms with E-state index in [1.54, 1.807) is 7.11 Å². The van der Waals surface area contributed by atoms with Gasteiger partial charge in [-0.15, -0.1) is 11.3 Å². The maximum atomic E-state index is 5.08. The lowest BCUT2D eigenvalue weighted by Crippen LogP contribution is -2.34. The highest BCUT2D eigenvalue weighted by Gasteiger charge is 2.24. The predicted octanol–water partition coefficient (Wildman–Crippen LogP) is 3.75. The monoisotopic (exact) mass is 283 g/mol. The first kappa shape index (κ1) is 16.7. The molecular formula is C16H29NOS. The summed E-state index contributed by atoms with van der Waals surface area (Å²) in [6, 6.07) is 4.58. The maximum Gasteiger partial charge on any atom is 0.0587 e. The SMILES string of the molecule is CCc1ccc(CC(CNCCOC)C(C)(C)C)s1. The lowest BCUT2D eigenvalue weighted by atomic mass is 9.78. The quantitative estimate of drug-likeness (QED) is 0.734. The van der Waals surface area contributed by atoms with Crippen molar-refractivity contribution in [3.8, 4) is 0 Å². The van der Waals surface area contributed by atoms with Gasteiger partial charge in [-0.2, -0.15) is 0 Å². The Hall–Kier alpha value is -0.380. The zero-order valence-electron chi connectivity index (χ0n) is 13.1. The molecule has 110 valence electrons. The summed E-state index contributed by atoms with van der Waals surface area (Å²) in [6.45, 7) is 12.0. The van der Waals surface area contributed by atoms with Crippen molar-refractivity contribution in [1.29, 1.82) is 0 Å². The Bertz CT molecular complexity index is 354.